The van der Waals surface area contributed by atoms with Crippen LogP contribution in [0, 0.1) is 11.6 Å². The summed E-state index contributed by atoms with van der Waals surface area (Å²) in [6.07, 6.45) is 1.49. The summed E-state index contributed by atoms with van der Waals surface area (Å²) in [5, 5.41) is 0. The molecule has 1 atom stereocenters. The maximum Gasteiger partial charge on any atom is 0.126 e. The Morgan fingerprint density at radius 2 is 2.18 bits per heavy atom. The first-order valence-corrected chi connectivity index (χ1v) is 6.80. The summed E-state index contributed by atoms with van der Waals surface area (Å²) in [7, 11) is 0. The maximum atomic E-state index is 13.4. The Bertz CT molecular complexity index is 347. The third-order valence-corrected chi connectivity index (χ3v) is 3.71. The van der Waals surface area contributed by atoms with Gasteiger partial charge in [-0.25, -0.2) is 8.78 Å². The zero-order chi connectivity index (χ0) is 12.7. The molecule has 96 valence electrons. The lowest BCUT2D eigenvalue weighted by Gasteiger charge is -2.15. The molecule has 0 aliphatic heterocycles. The summed E-state index contributed by atoms with van der Waals surface area (Å²) in [5.41, 5.74) is 3.01. The number of hydrogen-bond donors (Lipinski definition) is 2. The van der Waals surface area contributed by atoms with Crippen LogP contribution in [0.15, 0.2) is 18.2 Å². The van der Waals surface area contributed by atoms with Crippen molar-refractivity contribution in [1.82, 2.24) is 5.43 Å². The van der Waals surface area contributed by atoms with Crippen LogP contribution in [0.2, 0.25) is 0 Å². The number of halogens is 2. The second kappa shape index (κ2) is 7.63. The van der Waals surface area contributed by atoms with Crippen molar-refractivity contribution < 1.29 is 8.78 Å². The number of hydrazine groups is 1. The van der Waals surface area contributed by atoms with Gasteiger partial charge in [0, 0.05) is 11.8 Å². The Labute approximate surface area is 105 Å². The van der Waals surface area contributed by atoms with Crippen molar-refractivity contribution in [2.24, 2.45) is 5.84 Å². The minimum Gasteiger partial charge on any atom is -0.271 e. The van der Waals surface area contributed by atoms with Crippen molar-refractivity contribution in [3.05, 3.63) is 35.4 Å². The van der Waals surface area contributed by atoms with Gasteiger partial charge in [0.05, 0.1) is 0 Å². The SMILES string of the molecule is CCCSCC(Cc1cc(F)ccc1F)NN. The van der Waals surface area contributed by atoms with E-state index >= 15 is 0 Å². The highest BCUT2D eigenvalue weighted by Gasteiger charge is 2.11. The van der Waals surface area contributed by atoms with Crippen molar-refractivity contribution in [2.45, 2.75) is 25.8 Å². The summed E-state index contributed by atoms with van der Waals surface area (Å²) in [4.78, 5) is 0. The van der Waals surface area contributed by atoms with Gasteiger partial charge in [-0.2, -0.15) is 11.8 Å². The van der Waals surface area contributed by atoms with Crippen molar-refractivity contribution in [1.29, 1.82) is 0 Å². The highest BCUT2D eigenvalue weighted by atomic mass is 32.2. The largest absolute Gasteiger partial charge is 0.271 e. The smallest absolute Gasteiger partial charge is 0.126 e. The number of benzene rings is 1. The Kier molecular flexibility index (Phi) is 6.47. The molecular formula is C12H18F2N2S. The van der Waals surface area contributed by atoms with Crippen LogP contribution in [0.4, 0.5) is 8.78 Å². The van der Waals surface area contributed by atoms with E-state index in [1.807, 2.05) is 0 Å². The fraction of sp³-hybridized carbons (Fsp3) is 0.500. The number of rotatable bonds is 7. The quantitative estimate of drug-likeness (QED) is 0.449. The van der Waals surface area contributed by atoms with Crippen LogP contribution >= 0.6 is 11.8 Å². The number of nitrogens with two attached hydrogens (primary N) is 1. The van der Waals surface area contributed by atoms with Gasteiger partial charge in [0.1, 0.15) is 11.6 Å². The van der Waals surface area contributed by atoms with E-state index in [4.69, 9.17) is 5.84 Å². The molecular weight excluding hydrogens is 242 g/mol. The van der Waals surface area contributed by atoms with Gasteiger partial charge in [-0.3, -0.25) is 11.3 Å². The van der Waals surface area contributed by atoms with Crippen LogP contribution in [0.25, 0.3) is 0 Å². The Morgan fingerprint density at radius 3 is 2.82 bits per heavy atom. The van der Waals surface area contributed by atoms with Crippen LogP contribution in [0.1, 0.15) is 18.9 Å². The number of nitrogens with one attached hydrogen (secondary N) is 1. The van der Waals surface area contributed by atoms with Crippen LogP contribution < -0.4 is 11.3 Å². The zero-order valence-electron chi connectivity index (χ0n) is 9.88. The fourth-order valence-electron chi connectivity index (χ4n) is 1.50. The van der Waals surface area contributed by atoms with E-state index in [1.165, 1.54) is 6.07 Å². The van der Waals surface area contributed by atoms with Crippen LogP contribution in [-0.2, 0) is 6.42 Å². The molecule has 3 N–H and O–H groups in total. The van der Waals surface area contributed by atoms with Crippen LogP contribution in [-0.4, -0.2) is 17.5 Å². The molecule has 1 rings (SSSR count). The molecule has 0 fully saturated rings. The summed E-state index contributed by atoms with van der Waals surface area (Å²) in [6, 6.07) is 3.46. The molecule has 0 saturated carbocycles. The Hall–Kier alpha value is -0.650. The van der Waals surface area contributed by atoms with Crippen molar-refractivity contribution in [3.63, 3.8) is 0 Å². The molecule has 2 nitrogen and oxygen atoms in total. The average Bonchev–Trinajstić information content (AvgIpc) is 2.32. The highest BCUT2D eigenvalue weighted by Crippen LogP contribution is 2.14. The van der Waals surface area contributed by atoms with Gasteiger partial charge >= 0.3 is 0 Å². The van der Waals surface area contributed by atoms with Gasteiger partial charge in [-0.1, -0.05) is 6.92 Å². The molecule has 5 heteroatoms. The summed E-state index contributed by atoms with van der Waals surface area (Å²) >= 11 is 1.76. The van der Waals surface area contributed by atoms with E-state index in [-0.39, 0.29) is 11.9 Å². The van der Waals surface area contributed by atoms with Gasteiger partial charge in [0.2, 0.25) is 0 Å². The topological polar surface area (TPSA) is 38.0 Å². The van der Waals surface area contributed by atoms with Gasteiger partial charge in [0.15, 0.2) is 0 Å². The van der Waals surface area contributed by atoms with E-state index in [2.05, 4.69) is 12.3 Å². The molecule has 0 bridgehead atoms. The first kappa shape index (κ1) is 14.4. The minimum absolute atomic E-state index is 0.0390. The third-order valence-electron chi connectivity index (χ3n) is 2.38. The van der Waals surface area contributed by atoms with Crippen molar-refractivity contribution >= 4 is 11.8 Å². The molecule has 1 aromatic rings. The molecule has 17 heavy (non-hydrogen) atoms. The highest BCUT2D eigenvalue weighted by molar-refractivity contribution is 7.99. The molecule has 0 aliphatic rings. The molecule has 0 saturated heterocycles. The van der Waals surface area contributed by atoms with E-state index in [1.54, 1.807) is 11.8 Å². The van der Waals surface area contributed by atoms with Gasteiger partial charge in [-0.05, 0) is 42.4 Å². The van der Waals surface area contributed by atoms with E-state index < -0.39 is 5.82 Å². The Morgan fingerprint density at radius 1 is 1.41 bits per heavy atom. The predicted molar refractivity (Wildman–Crippen MR) is 68.8 cm³/mol. The molecule has 0 aromatic heterocycles. The molecule has 0 radical (unpaired) electrons. The lowest BCUT2D eigenvalue weighted by molar-refractivity contribution is 0.538. The molecule has 0 heterocycles. The van der Waals surface area contributed by atoms with Crippen LogP contribution in [0.5, 0.6) is 0 Å². The molecule has 0 aliphatic carbocycles. The second-order valence-corrected chi connectivity index (χ2v) is 5.03. The van der Waals surface area contributed by atoms with Crippen molar-refractivity contribution in [2.75, 3.05) is 11.5 Å². The normalized spacial score (nSPS) is 12.7. The number of thioether (sulfide) groups is 1. The van der Waals surface area contributed by atoms with Gasteiger partial charge in [-0.15, -0.1) is 0 Å². The van der Waals surface area contributed by atoms with Crippen molar-refractivity contribution in [3.8, 4) is 0 Å². The molecule has 0 amide bonds. The predicted octanol–water partition coefficient (Wildman–Crippen LogP) is 2.48. The van der Waals surface area contributed by atoms with Crippen LogP contribution in [0.3, 0.4) is 0 Å². The summed E-state index contributed by atoms with van der Waals surface area (Å²) in [5.74, 6) is 6.45. The maximum absolute atomic E-state index is 13.4. The summed E-state index contributed by atoms with van der Waals surface area (Å²) < 4.78 is 26.4. The fourth-order valence-corrected chi connectivity index (χ4v) is 2.46. The molecule has 1 aromatic carbocycles. The minimum atomic E-state index is -0.418. The zero-order valence-corrected chi connectivity index (χ0v) is 10.7. The number of hydrogen-bond acceptors (Lipinski definition) is 3. The first-order valence-electron chi connectivity index (χ1n) is 5.65. The third kappa shape index (κ3) is 5.02. The standard InChI is InChI=1S/C12H18F2N2S/c1-2-5-17-8-11(16-15)7-9-6-10(13)3-4-12(9)14/h3-4,6,11,16H,2,5,7-8,15H2,1H3. The lowest BCUT2D eigenvalue weighted by Crippen LogP contribution is -2.39. The monoisotopic (exact) mass is 260 g/mol. The van der Waals surface area contributed by atoms with E-state index in [0.717, 1.165) is 30.1 Å². The first-order chi connectivity index (χ1) is 8.17. The van der Waals surface area contributed by atoms with E-state index in [0.29, 0.717) is 12.0 Å². The lowest BCUT2D eigenvalue weighted by atomic mass is 10.1. The second-order valence-electron chi connectivity index (χ2n) is 3.88. The summed E-state index contributed by atoms with van der Waals surface area (Å²) in [6.45, 7) is 2.10. The Balaban J connectivity index is 2.57. The molecule has 1 unspecified atom stereocenters. The molecule has 0 spiro atoms. The van der Waals surface area contributed by atoms with E-state index in [9.17, 15) is 8.78 Å². The average molecular weight is 260 g/mol. The van der Waals surface area contributed by atoms with Gasteiger partial charge in [0.25, 0.3) is 0 Å². The van der Waals surface area contributed by atoms with Gasteiger partial charge < -0.3 is 0 Å².